The van der Waals surface area contributed by atoms with Gasteiger partial charge in [-0.3, -0.25) is 0 Å². The predicted octanol–water partition coefficient (Wildman–Crippen LogP) is 12.7. The van der Waals surface area contributed by atoms with Crippen molar-refractivity contribution in [3.8, 4) is 22.3 Å². The minimum Gasteiger partial charge on any atom is -0.454 e. The van der Waals surface area contributed by atoms with E-state index < -0.39 is 0 Å². The number of rotatable bonds is 5. The van der Waals surface area contributed by atoms with Gasteiger partial charge in [-0.1, -0.05) is 140 Å². The van der Waals surface area contributed by atoms with Gasteiger partial charge in [0.1, 0.15) is 5.58 Å². The van der Waals surface area contributed by atoms with E-state index in [0.717, 1.165) is 39.0 Å². The largest absolute Gasteiger partial charge is 0.454 e. The molecule has 9 aromatic rings. The van der Waals surface area contributed by atoms with Gasteiger partial charge in [0, 0.05) is 21.8 Å². The Balaban J connectivity index is 1.34. The number of hydrogen-bond donors (Lipinski definition) is 0. The van der Waals surface area contributed by atoms with E-state index in [-0.39, 0.29) is 0 Å². The van der Waals surface area contributed by atoms with Crippen LogP contribution in [0, 0.1) is 0 Å². The highest BCUT2D eigenvalue weighted by Crippen LogP contribution is 2.46. The average molecular weight is 588 g/mol. The maximum absolute atomic E-state index is 6.79. The van der Waals surface area contributed by atoms with Crippen molar-refractivity contribution >= 4 is 60.5 Å². The van der Waals surface area contributed by atoms with Gasteiger partial charge in [0.15, 0.2) is 5.58 Å². The molecule has 2 nitrogen and oxygen atoms in total. The summed E-state index contributed by atoms with van der Waals surface area (Å²) in [5.41, 5.74) is 9.66. The predicted molar refractivity (Wildman–Crippen MR) is 194 cm³/mol. The zero-order chi connectivity index (χ0) is 30.5. The molecule has 0 atom stereocenters. The normalized spacial score (nSPS) is 11.5. The lowest BCUT2D eigenvalue weighted by molar-refractivity contribution is 0.669. The number of nitrogens with zero attached hydrogens (tertiary/aromatic N) is 1. The van der Waals surface area contributed by atoms with Crippen LogP contribution in [0.2, 0.25) is 0 Å². The van der Waals surface area contributed by atoms with Crippen LogP contribution in [0.15, 0.2) is 180 Å². The van der Waals surface area contributed by atoms with Gasteiger partial charge in [0.25, 0.3) is 0 Å². The van der Waals surface area contributed by atoms with Crippen molar-refractivity contribution in [3.63, 3.8) is 0 Å². The fourth-order valence-electron chi connectivity index (χ4n) is 6.84. The van der Waals surface area contributed by atoms with Gasteiger partial charge in [-0.25, -0.2) is 0 Å². The van der Waals surface area contributed by atoms with Crippen LogP contribution in [-0.2, 0) is 0 Å². The van der Waals surface area contributed by atoms with Crippen molar-refractivity contribution in [1.29, 1.82) is 0 Å². The molecule has 0 unspecified atom stereocenters. The van der Waals surface area contributed by atoms with Gasteiger partial charge in [0.05, 0.1) is 11.4 Å². The molecular weight excluding hydrogens is 558 g/mol. The molecule has 0 fully saturated rings. The zero-order valence-corrected chi connectivity index (χ0v) is 25.1. The lowest BCUT2D eigenvalue weighted by Crippen LogP contribution is -2.11. The van der Waals surface area contributed by atoms with E-state index in [1.54, 1.807) is 0 Å². The molecule has 1 aromatic heterocycles. The van der Waals surface area contributed by atoms with Gasteiger partial charge < -0.3 is 9.32 Å². The second kappa shape index (κ2) is 10.8. The summed E-state index contributed by atoms with van der Waals surface area (Å²) in [7, 11) is 0. The topological polar surface area (TPSA) is 16.4 Å². The summed E-state index contributed by atoms with van der Waals surface area (Å²) in [5, 5.41) is 7.03. The van der Waals surface area contributed by atoms with Crippen LogP contribution in [0.3, 0.4) is 0 Å². The number of benzene rings is 8. The first-order valence-electron chi connectivity index (χ1n) is 15.7. The van der Waals surface area contributed by atoms with Crippen molar-refractivity contribution < 1.29 is 4.42 Å². The number of fused-ring (bicyclic) bond motifs is 6. The Labute approximate surface area is 267 Å². The molecule has 0 radical (unpaired) electrons. The molecule has 0 spiro atoms. The van der Waals surface area contributed by atoms with Gasteiger partial charge in [-0.05, 0) is 74.8 Å². The molecule has 0 saturated carbocycles. The highest BCUT2D eigenvalue weighted by atomic mass is 16.3. The van der Waals surface area contributed by atoms with E-state index >= 15 is 0 Å². The zero-order valence-electron chi connectivity index (χ0n) is 25.1. The summed E-state index contributed by atoms with van der Waals surface area (Å²) >= 11 is 0. The Morgan fingerprint density at radius 2 is 0.978 bits per heavy atom. The molecule has 0 amide bonds. The van der Waals surface area contributed by atoms with Crippen molar-refractivity contribution in [1.82, 2.24) is 0 Å². The van der Waals surface area contributed by atoms with Crippen molar-refractivity contribution in [2.75, 3.05) is 4.90 Å². The van der Waals surface area contributed by atoms with Gasteiger partial charge >= 0.3 is 0 Å². The maximum Gasteiger partial charge on any atom is 0.159 e. The monoisotopic (exact) mass is 587 g/mol. The van der Waals surface area contributed by atoms with E-state index in [2.05, 4.69) is 181 Å². The van der Waals surface area contributed by atoms with E-state index in [4.69, 9.17) is 4.42 Å². The number of anilines is 3. The smallest absolute Gasteiger partial charge is 0.159 e. The van der Waals surface area contributed by atoms with Gasteiger partial charge in [-0.2, -0.15) is 0 Å². The molecule has 216 valence electrons. The molecule has 1 heterocycles. The molecule has 8 aromatic carbocycles. The summed E-state index contributed by atoms with van der Waals surface area (Å²) in [4.78, 5) is 2.37. The fourth-order valence-corrected chi connectivity index (χ4v) is 6.84. The lowest BCUT2D eigenvalue weighted by Gasteiger charge is -2.28. The summed E-state index contributed by atoms with van der Waals surface area (Å²) < 4.78 is 6.79. The second-order valence-electron chi connectivity index (χ2n) is 11.7. The Kier molecular flexibility index (Phi) is 6.17. The lowest BCUT2D eigenvalue weighted by atomic mass is 9.98. The van der Waals surface area contributed by atoms with Gasteiger partial charge in [0.2, 0.25) is 0 Å². The fraction of sp³-hybridized carbons (Fsp3) is 0. The molecular formula is C44H29NO. The third kappa shape index (κ3) is 4.35. The molecule has 2 heteroatoms. The Morgan fingerprint density at radius 1 is 0.370 bits per heavy atom. The number of hydrogen-bond acceptors (Lipinski definition) is 2. The summed E-state index contributed by atoms with van der Waals surface area (Å²) in [6, 6.07) is 62.7. The number of para-hydroxylation sites is 1. The quantitative estimate of drug-likeness (QED) is 0.199. The second-order valence-corrected chi connectivity index (χ2v) is 11.7. The SMILES string of the molecule is c1ccc(-c2ccc(N(c3cc(-c4ccccc4)cc4ccccc34)c3cccc4c3oc3ccc5ccccc5c34)cc2)cc1. The van der Waals surface area contributed by atoms with Crippen LogP contribution >= 0.6 is 0 Å². The Bertz CT molecular complexity index is 2510. The molecule has 0 bridgehead atoms. The first-order chi connectivity index (χ1) is 22.8. The summed E-state index contributed by atoms with van der Waals surface area (Å²) in [6.07, 6.45) is 0. The summed E-state index contributed by atoms with van der Waals surface area (Å²) in [6.45, 7) is 0. The van der Waals surface area contributed by atoms with E-state index in [1.807, 2.05) is 0 Å². The molecule has 0 aliphatic heterocycles. The first kappa shape index (κ1) is 26.3. The van der Waals surface area contributed by atoms with Crippen LogP contribution in [0.5, 0.6) is 0 Å². The molecule has 0 aliphatic carbocycles. The minimum atomic E-state index is 0.871. The third-order valence-corrected chi connectivity index (χ3v) is 9.03. The number of furan rings is 1. The van der Waals surface area contributed by atoms with Crippen LogP contribution < -0.4 is 4.90 Å². The third-order valence-electron chi connectivity index (χ3n) is 9.03. The van der Waals surface area contributed by atoms with Crippen LogP contribution in [0.25, 0.3) is 65.7 Å². The summed E-state index contributed by atoms with van der Waals surface area (Å²) in [5.74, 6) is 0. The highest BCUT2D eigenvalue weighted by Gasteiger charge is 2.22. The van der Waals surface area contributed by atoms with Gasteiger partial charge in [-0.15, -0.1) is 0 Å². The maximum atomic E-state index is 6.79. The Hall–Kier alpha value is -6.12. The van der Waals surface area contributed by atoms with Crippen molar-refractivity contribution in [2.45, 2.75) is 0 Å². The first-order valence-corrected chi connectivity index (χ1v) is 15.7. The van der Waals surface area contributed by atoms with Crippen LogP contribution in [0.4, 0.5) is 17.1 Å². The standard InChI is InChI=1S/C44H29NO/c1-3-12-30(13-4-1)32-22-25-36(26-23-32)45(41-29-35(31-14-5-2-6-15-31)28-34-17-8-9-18-37(34)41)40-21-11-20-39-43-38-19-10-7-16-33(38)24-27-42(43)46-44(39)40/h1-29H. The minimum absolute atomic E-state index is 0.871. The van der Waals surface area contributed by atoms with Crippen molar-refractivity contribution in [3.05, 3.63) is 176 Å². The average Bonchev–Trinajstić information content (AvgIpc) is 3.53. The van der Waals surface area contributed by atoms with E-state index in [1.165, 1.54) is 43.8 Å². The molecule has 0 N–H and O–H groups in total. The highest BCUT2D eigenvalue weighted by molar-refractivity contribution is 6.21. The van der Waals surface area contributed by atoms with E-state index in [9.17, 15) is 0 Å². The molecule has 0 aliphatic rings. The van der Waals surface area contributed by atoms with E-state index in [0.29, 0.717) is 0 Å². The van der Waals surface area contributed by atoms with Crippen LogP contribution in [0.1, 0.15) is 0 Å². The molecule has 0 saturated heterocycles. The molecule has 46 heavy (non-hydrogen) atoms. The molecule has 9 rings (SSSR count). The van der Waals surface area contributed by atoms with Crippen molar-refractivity contribution in [2.24, 2.45) is 0 Å². The Morgan fingerprint density at radius 3 is 1.74 bits per heavy atom. The van der Waals surface area contributed by atoms with Crippen LogP contribution in [-0.4, -0.2) is 0 Å².